The minimum atomic E-state index is -2.13. The minimum Gasteiger partial charge on any atom is -0.507 e. The number of hydrogen-bond acceptors (Lipinski definition) is 25. The quantitative estimate of drug-likeness (QED) is 0.0361. The fourth-order valence-corrected chi connectivity index (χ4v) is 7.65. The number of phenolic OH excluding ortho intramolecular Hbond substituents is 4. The van der Waals surface area contributed by atoms with E-state index in [2.05, 4.69) is 0 Å². The zero-order valence-electron chi connectivity index (χ0n) is 36.5. The van der Waals surface area contributed by atoms with Gasteiger partial charge in [-0.05, 0) is 48.9 Å². The second kappa shape index (κ2) is 20.9. The number of aliphatic hydroxyl groups is 9. The van der Waals surface area contributed by atoms with Crippen molar-refractivity contribution in [1.82, 2.24) is 0 Å². The number of rotatable bonds is 14. The lowest BCUT2D eigenvalue weighted by atomic mass is 9.97. The molecule has 3 aliphatic rings. The second-order valence-corrected chi connectivity index (χ2v) is 16.1. The number of fused-ring (bicyclic) bond motifs is 1. The topological polar surface area (TPSA) is 393 Å². The Bertz CT molecular complexity index is 2540. The van der Waals surface area contributed by atoms with E-state index in [-0.39, 0.29) is 28.6 Å². The number of aliphatic hydroxyl groups excluding tert-OH is 9. The zero-order chi connectivity index (χ0) is 50.2. The molecule has 0 aliphatic carbocycles. The Morgan fingerprint density at radius 1 is 0.681 bits per heavy atom. The number of aromatic hydroxyl groups is 4. The van der Waals surface area contributed by atoms with E-state index in [1.165, 1.54) is 45.4 Å². The predicted octanol–water partition coefficient (Wildman–Crippen LogP) is -2.23. The molecule has 0 unspecified atom stereocenters. The third-order valence-corrected chi connectivity index (χ3v) is 11.5. The van der Waals surface area contributed by atoms with Gasteiger partial charge in [0, 0.05) is 23.8 Å². The fraction of sp³-hybridized carbons (Fsp3) is 0.455. The summed E-state index contributed by atoms with van der Waals surface area (Å²) in [6.45, 7) is -0.337. The molecule has 0 bridgehead atoms. The Morgan fingerprint density at radius 3 is 1.97 bits per heavy atom. The van der Waals surface area contributed by atoms with Crippen molar-refractivity contribution >= 4 is 23.0 Å². The first kappa shape index (κ1) is 50.8. The molecule has 0 amide bonds. The van der Waals surface area contributed by atoms with Crippen LogP contribution in [0.4, 0.5) is 0 Å². The lowest BCUT2D eigenvalue weighted by molar-refractivity contribution is -0.358. The van der Waals surface area contributed by atoms with Gasteiger partial charge in [0.05, 0.1) is 26.9 Å². The number of hydrogen-bond donors (Lipinski definition) is 13. The van der Waals surface area contributed by atoms with E-state index in [1.807, 2.05) is 0 Å². The smallest absolute Gasteiger partial charge is 0.330 e. The van der Waals surface area contributed by atoms with Crippen molar-refractivity contribution in [3.63, 3.8) is 0 Å². The third-order valence-electron chi connectivity index (χ3n) is 11.5. The Kier molecular flexibility index (Phi) is 15.4. The monoisotopic (exact) mass is 978 g/mol. The van der Waals surface area contributed by atoms with Crippen LogP contribution in [0, 0.1) is 0 Å². The summed E-state index contributed by atoms with van der Waals surface area (Å²) < 4.78 is 55.9. The standard InChI is InChI=1S/C44H50O25/c1-15-29(50)34(55)37(58)42(63-15)64-18-11-21(48)28-22(12-18)65-39(17-5-6-19(46)20(47)10-17)40(33(28)54)68-44-41(36(57)31(52)25(13-45)66-44)69-43-38(59)35(56)32(53)26(67-43)14-62-27(49)7-4-16-8-23(60-2)30(51)24(9-16)61-3/h4-12,15,25-26,29,31-32,34-38,41-48,50-53,55-59H,13-14H2,1-3H3/b7-4+/t15-,25+,26+,29-,31+,32+,34+,35-,36-,37+,38+,41+,42-,43-,44-/m0/s1. The maximum absolute atomic E-state index is 14.5. The van der Waals surface area contributed by atoms with E-state index in [0.29, 0.717) is 5.56 Å². The van der Waals surface area contributed by atoms with Crippen molar-refractivity contribution < 1.29 is 118 Å². The van der Waals surface area contributed by atoms with Gasteiger partial charge in [-0.1, -0.05) is 0 Å². The minimum absolute atomic E-state index is 0.0354. The number of carbonyl (C=O) groups excluding carboxylic acids is 1. The van der Waals surface area contributed by atoms with Gasteiger partial charge >= 0.3 is 5.97 Å². The number of methoxy groups -OCH3 is 2. The summed E-state index contributed by atoms with van der Waals surface area (Å²) in [7, 11) is 2.60. The molecule has 0 radical (unpaired) electrons. The fourth-order valence-electron chi connectivity index (χ4n) is 7.65. The van der Waals surface area contributed by atoms with E-state index in [0.717, 1.165) is 30.3 Å². The third kappa shape index (κ3) is 10.3. The molecule has 15 atom stereocenters. The van der Waals surface area contributed by atoms with Gasteiger partial charge in [-0.3, -0.25) is 4.79 Å². The molecule has 4 heterocycles. The largest absolute Gasteiger partial charge is 0.507 e. The summed E-state index contributed by atoms with van der Waals surface area (Å²) in [5.74, 6) is -5.05. The normalized spacial score (nSPS) is 31.6. The zero-order valence-corrected chi connectivity index (χ0v) is 36.5. The summed E-state index contributed by atoms with van der Waals surface area (Å²) in [6, 6.07) is 7.89. The van der Waals surface area contributed by atoms with Crippen LogP contribution in [0.3, 0.4) is 0 Å². The molecule has 376 valence electrons. The number of phenols is 4. The molecule has 3 aliphatic heterocycles. The van der Waals surface area contributed by atoms with Crippen LogP contribution in [0.25, 0.3) is 28.4 Å². The molecule has 3 saturated heterocycles. The van der Waals surface area contributed by atoms with Gasteiger partial charge in [0.25, 0.3) is 0 Å². The van der Waals surface area contributed by atoms with Crippen molar-refractivity contribution in [2.75, 3.05) is 27.4 Å². The number of esters is 1. The van der Waals surface area contributed by atoms with E-state index < -0.39 is 156 Å². The second-order valence-electron chi connectivity index (χ2n) is 16.1. The number of ether oxygens (including phenoxy) is 9. The van der Waals surface area contributed by atoms with Crippen molar-refractivity contribution in [1.29, 1.82) is 0 Å². The Balaban J connectivity index is 1.18. The average molecular weight is 979 g/mol. The van der Waals surface area contributed by atoms with Gasteiger partial charge in [0.15, 0.2) is 41.2 Å². The first-order valence-corrected chi connectivity index (χ1v) is 20.9. The highest BCUT2D eigenvalue weighted by Crippen LogP contribution is 2.41. The summed E-state index contributed by atoms with van der Waals surface area (Å²) in [4.78, 5) is 27.2. The van der Waals surface area contributed by atoms with Crippen LogP contribution >= 0.6 is 0 Å². The van der Waals surface area contributed by atoms with Crippen LogP contribution in [-0.4, -0.2) is 192 Å². The van der Waals surface area contributed by atoms with Crippen LogP contribution < -0.4 is 24.4 Å². The summed E-state index contributed by atoms with van der Waals surface area (Å²) in [5, 5.41) is 137. The van der Waals surface area contributed by atoms with Gasteiger partial charge in [0.2, 0.25) is 29.5 Å². The van der Waals surface area contributed by atoms with Crippen LogP contribution in [0.5, 0.6) is 46.0 Å². The molecule has 3 fully saturated rings. The summed E-state index contributed by atoms with van der Waals surface area (Å²) >= 11 is 0. The summed E-state index contributed by atoms with van der Waals surface area (Å²) in [6.07, 6.45) is -25.0. The highest BCUT2D eigenvalue weighted by molar-refractivity contribution is 5.89. The molecular weight excluding hydrogens is 928 g/mol. The number of carbonyl (C=O) groups is 1. The molecule has 25 heteroatoms. The van der Waals surface area contributed by atoms with Crippen molar-refractivity contribution in [2.24, 2.45) is 0 Å². The van der Waals surface area contributed by atoms with Crippen LogP contribution in [0.1, 0.15) is 12.5 Å². The molecule has 0 spiro atoms. The molecule has 69 heavy (non-hydrogen) atoms. The van der Waals surface area contributed by atoms with Gasteiger partial charge < -0.3 is 113 Å². The van der Waals surface area contributed by atoms with Crippen molar-refractivity contribution in [3.05, 3.63) is 64.3 Å². The maximum atomic E-state index is 14.5. The average Bonchev–Trinajstić information content (AvgIpc) is 3.32. The van der Waals surface area contributed by atoms with Crippen molar-refractivity contribution in [3.8, 4) is 57.3 Å². The highest BCUT2D eigenvalue weighted by Gasteiger charge is 2.52. The molecule has 7 rings (SSSR count). The van der Waals surface area contributed by atoms with E-state index >= 15 is 0 Å². The van der Waals surface area contributed by atoms with Crippen LogP contribution in [-0.2, 0) is 28.5 Å². The molecule has 0 saturated carbocycles. The SMILES string of the molecule is COc1cc(/C=C/C(=O)OC[C@H]2O[C@@H](O[C@H]3[C@H](Oc4c(-c5ccc(O)c(O)c5)oc5cc(O[C@@H]6O[C@@H](C)[C@H](O)[C@@H](O)[C@H]6O)cc(O)c5c4=O)O[C@H](CO)[C@@H](O)[C@@H]3O)[C@H](O)[C@@H](O)[C@@H]2O)cc(OC)c1O. The van der Waals surface area contributed by atoms with E-state index in [4.69, 9.17) is 47.0 Å². The molecular formula is C44H50O25. The van der Waals surface area contributed by atoms with E-state index in [1.54, 1.807) is 0 Å². The van der Waals surface area contributed by atoms with Crippen LogP contribution in [0.2, 0.25) is 0 Å². The first-order chi connectivity index (χ1) is 32.8. The van der Waals surface area contributed by atoms with Crippen molar-refractivity contribution in [2.45, 2.75) is 99.0 Å². The lowest BCUT2D eigenvalue weighted by Gasteiger charge is -2.45. The van der Waals surface area contributed by atoms with Gasteiger partial charge in [-0.2, -0.15) is 0 Å². The van der Waals surface area contributed by atoms with Gasteiger partial charge in [-0.25, -0.2) is 4.79 Å². The number of benzene rings is 3. The Hall–Kier alpha value is -6.04. The van der Waals surface area contributed by atoms with Gasteiger partial charge in [0.1, 0.15) is 90.1 Å². The predicted molar refractivity (Wildman–Crippen MR) is 227 cm³/mol. The van der Waals surface area contributed by atoms with E-state index in [9.17, 15) is 76.0 Å². The molecule has 1 aromatic heterocycles. The first-order valence-electron chi connectivity index (χ1n) is 20.9. The Labute approximate surface area is 388 Å². The molecule has 25 nitrogen and oxygen atoms in total. The summed E-state index contributed by atoms with van der Waals surface area (Å²) in [5.41, 5.74) is -1.45. The molecule has 13 N–H and O–H groups in total. The molecule has 4 aromatic rings. The maximum Gasteiger partial charge on any atom is 0.330 e. The van der Waals surface area contributed by atoms with Gasteiger partial charge in [-0.15, -0.1) is 0 Å². The Morgan fingerprint density at radius 2 is 1.32 bits per heavy atom. The molecule has 3 aromatic carbocycles. The van der Waals surface area contributed by atoms with Crippen LogP contribution in [0.15, 0.2) is 57.8 Å². The lowest BCUT2D eigenvalue weighted by Crippen LogP contribution is -2.65. The highest BCUT2D eigenvalue weighted by atomic mass is 16.8.